The minimum absolute atomic E-state index is 0.950. The summed E-state index contributed by atoms with van der Waals surface area (Å²) in [4.78, 5) is 5.04. The zero-order chi connectivity index (χ0) is 18.5. The Labute approximate surface area is 166 Å². The molecule has 0 aliphatic heterocycles. The topological polar surface area (TPSA) is 17.8 Å². The van der Waals surface area contributed by atoms with Crippen LogP contribution in [0.3, 0.4) is 0 Å². The molecule has 0 saturated heterocycles. The zero-order valence-corrected chi connectivity index (χ0v) is 15.9. The largest absolute Gasteiger partial charge is 0.293 e. The van der Waals surface area contributed by atoms with Crippen LogP contribution in [0.15, 0.2) is 96.4 Å². The number of hydrogen-bond donors (Lipinski definition) is 0. The fraction of sp³-hybridized carbons (Fsp3) is 0. The second kappa shape index (κ2) is 6.04. The highest BCUT2D eigenvalue weighted by molar-refractivity contribution is 7.17. The van der Waals surface area contributed by atoms with Gasteiger partial charge < -0.3 is 0 Å². The van der Waals surface area contributed by atoms with Crippen molar-refractivity contribution in [1.82, 2.24) is 9.55 Å². The molecule has 0 radical (unpaired) electrons. The van der Waals surface area contributed by atoms with E-state index >= 15 is 0 Å². The molecule has 0 fully saturated rings. The first-order valence-electron chi connectivity index (χ1n) is 9.32. The molecule has 3 heterocycles. The monoisotopic (exact) mass is 376 g/mol. The van der Waals surface area contributed by atoms with E-state index in [1.807, 2.05) is 6.07 Å². The van der Waals surface area contributed by atoms with Gasteiger partial charge in [0.05, 0.1) is 16.7 Å². The number of fused-ring (bicyclic) bond motifs is 5. The Morgan fingerprint density at radius 3 is 2.43 bits per heavy atom. The lowest BCUT2D eigenvalue weighted by molar-refractivity contribution is 1.09. The molecule has 0 aliphatic rings. The molecule has 3 aromatic carbocycles. The zero-order valence-electron chi connectivity index (χ0n) is 15.0. The van der Waals surface area contributed by atoms with Crippen molar-refractivity contribution < 1.29 is 0 Å². The molecule has 0 aliphatic carbocycles. The molecule has 0 N–H and O–H groups in total. The van der Waals surface area contributed by atoms with Crippen LogP contribution in [0.4, 0.5) is 0 Å². The van der Waals surface area contributed by atoms with Crippen LogP contribution < -0.4 is 0 Å². The van der Waals surface area contributed by atoms with Gasteiger partial charge >= 0.3 is 0 Å². The van der Waals surface area contributed by atoms with Gasteiger partial charge in [0.1, 0.15) is 5.82 Å². The smallest absolute Gasteiger partial charge is 0.138 e. The highest BCUT2D eigenvalue weighted by Gasteiger charge is 2.16. The Balaban J connectivity index is 1.73. The fourth-order valence-corrected chi connectivity index (χ4v) is 4.85. The molecule has 0 saturated carbocycles. The number of thiophene rings is 1. The Bertz CT molecular complexity index is 1460. The van der Waals surface area contributed by atoms with Crippen molar-refractivity contribution in [3.8, 4) is 17.1 Å². The van der Waals surface area contributed by atoms with Crippen molar-refractivity contribution >= 4 is 43.2 Å². The van der Waals surface area contributed by atoms with E-state index in [0.29, 0.717) is 0 Å². The van der Waals surface area contributed by atoms with E-state index in [0.717, 1.165) is 17.1 Å². The van der Waals surface area contributed by atoms with Gasteiger partial charge in [-0.3, -0.25) is 4.57 Å². The molecule has 3 aromatic heterocycles. The number of benzene rings is 3. The highest BCUT2D eigenvalue weighted by atomic mass is 32.1. The SMILES string of the molecule is c1ccc(-c2cccc(-n3c4ccccc4c4ccc5sccc5c43)n2)cc1. The molecule has 0 bridgehead atoms. The number of rotatable bonds is 2. The van der Waals surface area contributed by atoms with Crippen molar-refractivity contribution in [2.24, 2.45) is 0 Å². The Morgan fingerprint density at radius 1 is 0.643 bits per heavy atom. The predicted octanol–water partition coefficient (Wildman–Crippen LogP) is 7.06. The second-order valence-electron chi connectivity index (χ2n) is 6.89. The third kappa shape index (κ3) is 2.23. The van der Waals surface area contributed by atoms with Gasteiger partial charge in [-0.25, -0.2) is 4.98 Å². The van der Waals surface area contributed by atoms with Crippen molar-refractivity contribution in [2.45, 2.75) is 0 Å². The third-order valence-corrected chi connectivity index (χ3v) is 6.18. The third-order valence-electron chi connectivity index (χ3n) is 5.30. The first kappa shape index (κ1) is 15.6. The minimum atomic E-state index is 0.950. The lowest BCUT2D eigenvalue weighted by Gasteiger charge is -2.10. The summed E-state index contributed by atoms with van der Waals surface area (Å²) in [6, 6.07) is 31.9. The van der Waals surface area contributed by atoms with Gasteiger partial charge in [0.2, 0.25) is 0 Å². The second-order valence-corrected chi connectivity index (χ2v) is 7.84. The summed E-state index contributed by atoms with van der Waals surface area (Å²) in [6.45, 7) is 0. The fourth-order valence-electron chi connectivity index (χ4n) is 4.06. The Kier molecular flexibility index (Phi) is 3.37. The van der Waals surface area contributed by atoms with Gasteiger partial charge in [-0.15, -0.1) is 11.3 Å². The first-order valence-corrected chi connectivity index (χ1v) is 10.2. The van der Waals surface area contributed by atoms with Gasteiger partial charge in [0.15, 0.2) is 0 Å². The van der Waals surface area contributed by atoms with Crippen LogP contribution in [0.25, 0.3) is 49.0 Å². The number of nitrogens with zero attached hydrogens (tertiary/aromatic N) is 2. The normalized spacial score (nSPS) is 11.6. The molecule has 3 heteroatoms. The lowest BCUT2D eigenvalue weighted by atomic mass is 10.1. The van der Waals surface area contributed by atoms with E-state index in [2.05, 4.69) is 94.9 Å². The highest BCUT2D eigenvalue weighted by Crippen LogP contribution is 2.37. The van der Waals surface area contributed by atoms with Crippen LogP contribution in [0, 0.1) is 0 Å². The van der Waals surface area contributed by atoms with Crippen LogP contribution in [0.2, 0.25) is 0 Å². The molecule has 6 rings (SSSR count). The van der Waals surface area contributed by atoms with E-state index in [1.54, 1.807) is 11.3 Å². The maximum Gasteiger partial charge on any atom is 0.138 e. The summed E-state index contributed by atoms with van der Waals surface area (Å²) in [7, 11) is 0. The Hall–Kier alpha value is -3.43. The van der Waals surface area contributed by atoms with Gasteiger partial charge in [-0.2, -0.15) is 0 Å². The van der Waals surface area contributed by atoms with Crippen LogP contribution in [0.1, 0.15) is 0 Å². The number of para-hydroxylation sites is 1. The molecule has 0 unspecified atom stereocenters. The van der Waals surface area contributed by atoms with Gasteiger partial charge in [0.25, 0.3) is 0 Å². The summed E-state index contributed by atoms with van der Waals surface area (Å²) in [5.41, 5.74) is 4.54. The van der Waals surface area contributed by atoms with Crippen LogP contribution in [-0.4, -0.2) is 9.55 Å². The van der Waals surface area contributed by atoms with E-state index in [4.69, 9.17) is 4.98 Å². The number of hydrogen-bond acceptors (Lipinski definition) is 2. The van der Waals surface area contributed by atoms with Crippen LogP contribution >= 0.6 is 11.3 Å². The van der Waals surface area contributed by atoms with Gasteiger partial charge in [0, 0.05) is 26.4 Å². The van der Waals surface area contributed by atoms with Crippen molar-refractivity contribution in [2.75, 3.05) is 0 Å². The maximum atomic E-state index is 5.04. The van der Waals surface area contributed by atoms with E-state index in [1.165, 1.54) is 31.9 Å². The van der Waals surface area contributed by atoms with E-state index in [-0.39, 0.29) is 0 Å². The van der Waals surface area contributed by atoms with E-state index < -0.39 is 0 Å². The van der Waals surface area contributed by atoms with Crippen LogP contribution in [0.5, 0.6) is 0 Å². The Morgan fingerprint density at radius 2 is 1.50 bits per heavy atom. The maximum absolute atomic E-state index is 5.04. The molecule has 2 nitrogen and oxygen atoms in total. The first-order chi connectivity index (χ1) is 13.9. The summed E-state index contributed by atoms with van der Waals surface area (Å²) in [5, 5.41) is 5.98. The molecule has 0 spiro atoms. The number of pyridine rings is 1. The summed E-state index contributed by atoms with van der Waals surface area (Å²) >= 11 is 1.78. The molecule has 0 amide bonds. The quantitative estimate of drug-likeness (QED) is 0.316. The summed E-state index contributed by atoms with van der Waals surface area (Å²) in [5.74, 6) is 0.950. The van der Waals surface area contributed by atoms with E-state index in [9.17, 15) is 0 Å². The molecule has 132 valence electrons. The predicted molar refractivity (Wildman–Crippen MR) is 119 cm³/mol. The molecule has 0 atom stereocenters. The molecule has 6 aromatic rings. The molecule has 28 heavy (non-hydrogen) atoms. The van der Waals surface area contributed by atoms with Crippen molar-refractivity contribution in [3.05, 3.63) is 96.4 Å². The average Bonchev–Trinajstić information content (AvgIpc) is 3.37. The standard InChI is InChI=1S/C25H16N2S/c1-2-7-17(8-3-1)21-10-6-12-24(26-21)27-22-11-5-4-9-18(22)19-13-14-23-20(25(19)27)15-16-28-23/h1-16H. The molecular formula is C25H16N2S. The van der Waals surface area contributed by atoms with Gasteiger partial charge in [-0.05, 0) is 35.7 Å². The van der Waals surface area contributed by atoms with Crippen molar-refractivity contribution in [3.63, 3.8) is 0 Å². The van der Waals surface area contributed by atoms with Crippen LogP contribution in [-0.2, 0) is 0 Å². The summed E-state index contributed by atoms with van der Waals surface area (Å²) < 4.78 is 3.61. The molecular weight excluding hydrogens is 360 g/mol. The van der Waals surface area contributed by atoms with Gasteiger partial charge in [-0.1, -0.05) is 60.7 Å². The minimum Gasteiger partial charge on any atom is -0.293 e. The average molecular weight is 376 g/mol. The van der Waals surface area contributed by atoms with Crippen molar-refractivity contribution in [1.29, 1.82) is 0 Å². The summed E-state index contributed by atoms with van der Waals surface area (Å²) in [6.07, 6.45) is 0. The number of aromatic nitrogens is 2. The lowest BCUT2D eigenvalue weighted by Crippen LogP contribution is -1.98.